The highest BCUT2D eigenvalue weighted by Gasteiger charge is 2.14. The van der Waals surface area contributed by atoms with Gasteiger partial charge in [-0.25, -0.2) is 0 Å². The van der Waals surface area contributed by atoms with E-state index in [9.17, 15) is 4.79 Å². The van der Waals surface area contributed by atoms with E-state index < -0.39 is 0 Å². The lowest BCUT2D eigenvalue weighted by Crippen LogP contribution is -2.16. The predicted molar refractivity (Wildman–Crippen MR) is 81.9 cm³/mol. The fraction of sp³-hybridized carbons (Fsp3) is 0.600. The van der Waals surface area contributed by atoms with Crippen molar-refractivity contribution in [2.75, 3.05) is 6.54 Å². The van der Waals surface area contributed by atoms with Gasteiger partial charge >= 0.3 is 0 Å². The van der Waals surface area contributed by atoms with E-state index in [0.717, 1.165) is 22.9 Å². The number of halogens is 1. The van der Waals surface area contributed by atoms with Crippen LogP contribution in [0.5, 0.6) is 0 Å². The summed E-state index contributed by atoms with van der Waals surface area (Å²) in [7, 11) is 0. The van der Waals surface area contributed by atoms with Crippen molar-refractivity contribution in [1.29, 1.82) is 0 Å². The van der Waals surface area contributed by atoms with Crippen molar-refractivity contribution in [2.24, 2.45) is 17.6 Å². The molecule has 4 heteroatoms. The number of nitrogens with zero attached hydrogens (tertiary/aromatic N) is 1. The molecule has 2 N–H and O–H groups in total. The first-order valence-electron chi connectivity index (χ1n) is 6.84. The van der Waals surface area contributed by atoms with E-state index in [1.165, 1.54) is 0 Å². The van der Waals surface area contributed by atoms with Crippen LogP contribution in [0, 0.1) is 11.8 Å². The maximum Gasteiger partial charge on any atom is 0.137 e. The zero-order chi connectivity index (χ0) is 14.3. The van der Waals surface area contributed by atoms with E-state index in [2.05, 4.69) is 34.8 Å². The largest absolute Gasteiger partial charge is 0.330 e. The SMILES string of the molecule is CC(C)C(CCN)CCC(=O)Cc1cncc(Br)c1. The van der Waals surface area contributed by atoms with Gasteiger partial charge in [0.2, 0.25) is 0 Å². The molecule has 106 valence electrons. The first-order chi connectivity index (χ1) is 9.02. The summed E-state index contributed by atoms with van der Waals surface area (Å²) in [6.07, 6.45) is 6.53. The van der Waals surface area contributed by atoms with Gasteiger partial charge < -0.3 is 5.73 Å². The Morgan fingerprint density at radius 3 is 2.68 bits per heavy atom. The summed E-state index contributed by atoms with van der Waals surface area (Å²) in [6, 6.07) is 1.95. The Kier molecular flexibility index (Phi) is 7.24. The fourth-order valence-electron chi connectivity index (χ4n) is 2.24. The second kappa shape index (κ2) is 8.43. The standard InChI is InChI=1S/C15H23BrN2O/c1-11(2)13(5-6-17)3-4-15(19)8-12-7-14(16)10-18-9-12/h7,9-11,13H,3-6,8,17H2,1-2H3. The second-order valence-electron chi connectivity index (χ2n) is 5.35. The molecule has 1 unspecified atom stereocenters. The minimum absolute atomic E-state index is 0.280. The minimum Gasteiger partial charge on any atom is -0.330 e. The van der Waals surface area contributed by atoms with Gasteiger partial charge in [0.15, 0.2) is 0 Å². The van der Waals surface area contributed by atoms with Gasteiger partial charge in [0.25, 0.3) is 0 Å². The van der Waals surface area contributed by atoms with Crippen molar-refractivity contribution in [3.8, 4) is 0 Å². The lowest BCUT2D eigenvalue weighted by Gasteiger charge is -2.19. The number of rotatable bonds is 8. The average molecular weight is 327 g/mol. The number of Topliss-reactive ketones (excluding diaryl/α,β-unsaturated/α-hetero) is 1. The zero-order valence-electron chi connectivity index (χ0n) is 11.7. The van der Waals surface area contributed by atoms with Crippen molar-refractivity contribution in [2.45, 2.75) is 39.5 Å². The molecule has 0 saturated heterocycles. The molecule has 0 fully saturated rings. The molecule has 1 atom stereocenters. The van der Waals surface area contributed by atoms with Crippen LogP contribution < -0.4 is 5.73 Å². The maximum absolute atomic E-state index is 12.0. The number of nitrogens with two attached hydrogens (primary N) is 1. The topological polar surface area (TPSA) is 56.0 Å². The van der Waals surface area contributed by atoms with E-state index in [1.807, 2.05) is 6.07 Å². The Morgan fingerprint density at radius 1 is 1.37 bits per heavy atom. The number of carbonyl (C=O) groups excluding carboxylic acids is 1. The highest BCUT2D eigenvalue weighted by molar-refractivity contribution is 9.10. The van der Waals surface area contributed by atoms with E-state index in [4.69, 9.17) is 5.73 Å². The Morgan fingerprint density at radius 2 is 2.11 bits per heavy atom. The number of carbonyl (C=O) groups is 1. The van der Waals surface area contributed by atoms with Crippen molar-refractivity contribution in [3.63, 3.8) is 0 Å². The number of ketones is 1. The van der Waals surface area contributed by atoms with Crippen LogP contribution in [0.3, 0.4) is 0 Å². The molecule has 0 amide bonds. The number of pyridine rings is 1. The third-order valence-electron chi connectivity index (χ3n) is 3.44. The van der Waals surface area contributed by atoms with E-state index >= 15 is 0 Å². The van der Waals surface area contributed by atoms with Crippen molar-refractivity contribution in [1.82, 2.24) is 4.98 Å². The molecular weight excluding hydrogens is 304 g/mol. The summed E-state index contributed by atoms with van der Waals surface area (Å²) in [6.45, 7) is 5.10. The number of aromatic nitrogens is 1. The maximum atomic E-state index is 12.0. The summed E-state index contributed by atoms with van der Waals surface area (Å²) < 4.78 is 0.918. The molecule has 1 aromatic rings. The van der Waals surface area contributed by atoms with Crippen LogP contribution in [0.1, 0.15) is 38.7 Å². The van der Waals surface area contributed by atoms with Crippen LogP contribution in [-0.4, -0.2) is 17.3 Å². The quantitative estimate of drug-likeness (QED) is 0.796. The molecular formula is C15H23BrN2O. The van der Waals surface area contributed by atoms with E-state index in [0.29, 0.717) is 31.2 Å². The Hall–Kier alpha value is -0.740. The zero-order valence-corrected chi connectivity index (χ0v) is 13.3. The van der Waals surface area contributed by atoms with Crippen LogP contribution in [-0.2, 0) is 11.2 Å². The number of hydrogen-bond acceptors (Lipinski definition) is 3. The minimum atomic E-state index is 0.280. The monoisotopic (exact) mass is 326 g/mol. The second-order valence-corrected chi connectivity index (χ2v) is 6.26. The van der Waals surface area contributed by atoms with Gasteiger partial charge in [-0.2, -0.15) is 0 Å². The molecule has 0 aliphatic carbocycles. The van der Waals surface area contributed by atoms with Crippen LogP contribution >= 0.6 is 15.9 Å². The van der Waals surface area contributed by atoms with Gasteiger partial charge in [-0.1, -0.05) is 13.8 Å². The van der Waals surface area contributed by atoms with Crippen molar-refractivity contribution >= 4 is 21.7 Å². The van der Waals surface area contributed by atoms with Crippen LogP contribution in [0.15, 0.2) is 22.9 Å². The summed E-state index contributed by atoms with van der Waals surface area (Å²) in [5, 5.41) is 0. The third kappa shape index (κ3) is 6.30. The van der Waals surface area contributed by atoms with Gasteiger partial charge in [-0.05, 0) is 58.8 Å². The first kappa shape index (κ1) is 16.3. The molecule has 0 bridgehead atoms. The van der Waals surface area contributed by atoms with Crippen molar-refractivity contribution in [3.05, 3.63) is 28.5 Å². The van der Waals surface area contributed by atoms with Gasteiger partial charge in [0, 0.05) is 29.7 Å². The summed E-state index contributed by atoms with van der Waals surface area (Å²) in [5.74, 6) is 1.42. The molecule has 0 aromatic carbocycles. The number of hydrogen-bond donors (Lipinski definition) is 1. The molecule has 1 heterocycles. The Bertz CT molecular complexity index is 407. The predicted octanol–water partition coefficient (Wildman–Crippen LogP) is 3.36. The van der Waals surface area contributed by atoms with Gasteiger partial charge in [0.05, 0.1) is 0 Å². The molecule has 1 rings (SSSR count). The summed E-state index contributed by atoms with van der Waals surface area (Å²) >= 11 is 3.37. The molecule has 0 aliphatic rings. The molecule has 0 saturated carbocycles. The molecule has 19 heavy (non-hydrogen) atoms. The summed E-state index contributed by atoms with van der Waals surface area (Å²) in [5.41, 5.74) is 6.59. The van der Waals surface area contributed by atoms with E-state index in [1.54, 1.807) is 12.4 Å². The summed E-state index contributed by atoms with van der Waals surface area (Å²) in [4.78, 5) is 16.1. The normalized spacial score (nSPS) is 12.7. The lowest BCUT2D eigenvalue weighted by atomic mass is 9.87. The van der Waals surface area contributed by atoms with Crippen LogP contribution in [0.2, 0.25) is 0 Å². The smallest absolute Gasteiger partial charge is 0.137 e. The van der Waals surface area contributed by atoms with Gasteiger partial charge in [-0.3, -0.25) is 9.78 Å². The molecule has 0 aliphatic heterocycles. The van der Waals surface area contributed by atoms with Crippen LogP contribution in [0.4, 0.5) is 0 Å². The molecule has 0 spiro atoms. The highest BCUT2D eigenvalue weighted by atomic mass is 79.9. The molecule has 1 aromatic heterocycles. The van der Waals surface area contributed by atoms with Crippen LogP contribution in [0.25, 0.3) is 0 Å². The molecule has 0 radical (unpaired) electrons. The van der Waals surface area contributed by atoms with Gasteiger partial charge in [-0.15, -0.1) is 0 Å². The molecule has 3 nitrogen and oxygen atoms in total. The average Bonchev–Trinajstić information content (AvgIpc) is 2.34. The lowest BCUT2D eigenvalue weighted by molar-refractivity contribution is -0.118. The van der Waals surface area contributed by atoms with E-state index in [-0.39, 0.29) is 5.78 Å². The third-order valence-corrected chi connectivity index (χ3v) is 3.87. The van der Waals surface area contributed by atoms with Gasteiger partial charge in [0.1, 0.15) is 5.78 Å². The Labute approximate surface area is 124 Å². The Balaban J connectivity index is 2.42. The van der Waals surface area contributed by atoms with Crippen molar-refractivity contribution < 1.29 is 4.79 Å². The first-order valence-corrected chi connectivity index (χ1v) is 7.63. The fourth-order valence-corrected chi connectivity index (χ4v) is 2.65. The highest BCUT2D eigenvalue weighted by Crippen LogP contribution is 2.21.